The Bertz CT molecular complexity index is 370. The van der Waals surface area contributed by atoms with Gasteiger partial charge >= 0.3 is 0 Å². The molecule has 0 amide bonds. The van der Waals surface area contributed by atoms with Gasteiger partial charge in [0, 0.05) is 6.54 Å². The number of nitriles is 1. The zero-order valence-corrected chi connectivity index (χ0v) is 10.7. The summed E-state index contributed by atoms with van der Waals surface area (Å²) in [4.78, 5) is 0. The number of nitrogens with one attached hydrogen (secondary N) is 1. The van der Waals surface area contributed by atoms with Crippen LogP contribution in [0.25, 0.3) is 0 Å². The average molecular weight is 248 g/mol. The molecule has 18 heavy (non-hydrogen) atoms. The lowest BCUT2D eigenvalue weighted by Crippen LogP contribution is -2.31. The Balaban J connectivity index is 2.21. The number of rotatable bonds is 8. The van der Waals surface area contributed by atoms with Gasteiger partial charge in [0.2, 0.25) is 0 Å². The van der Waals surface area contributed by atoms with E-state index in [1.807, 2.05) is 6.07 Å². The fourth-order valence-corrected chi connectivity index (χ4v) is 1.45. The minimum Gasteiger partial charge on any atom is -0.491 e. The van der Waals surface area contributed by atoms with Crippen molar-refractivity contribution in [3.63, 3.8) is 0 Å². The lowest BCUT2D eigenvalue weighted by Gasteiger charge is -2.13. The van der Waals surface area contributed by atoms with Crippen LogP contribution >= 0.6 is 0 Å². The molecule has 4 nitrogen and oxygen atoms in total. The molecule has 0 unspecified atom stereocenters. The molecule has 1 rings (SSSR count). The Hall–Kier alpha value is -1.57. The molecule has 0 radical (unpaired) electrons. The summed E-state index contributed by atoms with van der Waals surface area (Å²) >= 11 is 0. The molecule has 0 saturated heterocycles. The van der Waals surface area contributed by atoms with E-state index in [0.717, 1.165) is 19.4 Å². The van der Waals surface area contributed by atoms with Crippen LogP contribution in [0, 0.1) is 11.3 Å². The smallest absolute Gasteiger partial charge is 0.119 e. The molecule has 0 bridgehead atoms. The molecule has 0 heterocycles. The summed E-state index contributed by atoms with van der Waals surface area (Å²) in [6.07, 6.45) is 1.74. The first-order valence-electron chi connectivity index (χ1n) is 6.28. The van der Waals surface area contributed by atoms with Gasteiger partial charge in [-0.1, -0.05) is 13.3 Å². The number of hydrogen-bond donors (Lipinski definition) is 2. The molecule has 2 N–H and O–H groups in total. The van der Waals surface area contributed by atoms with Gasteiger partial charge in [-0.05, 0) is 37.2 Å². The first kappa shape index (κ1) is 14.5. The van der Waals surface area contributed by atoms with Crippen LogP contribution in [0.4, 0.5) is 0 Å². The van der Waals surface area contributed by atoms with Crippen LogP contribution in [0.5, 0.6) is 5.75 Å². The number of unbranched alkanes of at least 4 members (excludes halogenated alkanes) is 1. The molecular formula is C14H20N2O2. The second-order valence-corrected chi connectivity index (χ2v) is 4.16. The minimum absolute atomic E-state index is 0.255. The normalized spacial score (nSPS) is 11.8. The third kappa shape index (κ3) is 5.67. The number of benzene rings is 1. The molecule has 98 valence electrons. The van der Waals surface area contributed by atoms with E-state index in [-0.39, 0.29) is 6.61 Å². The number of hydrogen-bond acceptors (Lipinski definition) is 4. The van der Waals surface area contributed by atoms with Gasteiger partial charge in [-0.25, -0.2) is 0 Å². The third-order valence-electron chi connectivity index (χ3n) is 2.51. The maximum absolute atomic E-state index is 9.67. The lowest BCUT2D eigenvalue weighted by molar-refractivity contribution is 0.106. The van der Waals surface area contributed by atoms with E-state index < -0.39 is 6.10 Å². The maximum atomic E-state index is 9.67. The SMILES string of the molecule is CCCCNC[C@@H](O)COc1ccc(C#N)cc1. The Kier molecular flexibility index (Phi) is 6.85. The van der Waals surface area contributed by atoms with Crippen LogP contribution in [-0.4, -0.2) is 30.9 Å². The summed E-state index contributed by atoms with van der Waals surface area (Å²) < 4.78 is 5.42. The fourth-order valence-electron chi connectivity index (χ4n) is 1.45. The molecule has 0 saturated carbocycles. The molecule has 0 fully saturated rings. The van der Waals surface area contributed by atoms with Gasteiger partial charge in [0.05, 0.1) is 11.6 Å². The molecule has 0 aliphatic rings. The highest BCUT2D eigenvalue weighted by molar-refractivity contribution is 5.34. The van der Waals surface area contributed by atoms with E-state index in [2.05, 4.69) is 12.2 Å². The largest absolute Gasteiger partial charge is 0.491 e. The summed E-state index contributed by atoms with van der Waals surface area (Å²) in [6, 6.07) is 8.90. The molecular weight excluding hydrogens is 228 g/mol. The topological polar surface area (TPSA) is 65.3 Å². The zero-order chi connectivity index (χ0) is 13.2. The van der Waals surface area contributed by atoms with Crippen LogP contribution in [-0.2, 0) is 0 Å². The zero-order valence-electron chi connectivity index (χ0n) is 10.7. The second kappa shape index (κ2) is 8.51. The van der Waals surface area contributed by atoms with Crippen LogP contribution in [0.1, 0.15) is 25.3 Å². The van der Waals surface area contributed by atoms with Crippen LogP contribution in [0.3, 0.4) is 0 Å². The van der Waals surface area contributed by atoms with Crippen molar-refractivity contribution in [2.24, 2.45) is 0 Å². The molecule has 1 aromatic carbocycles. The van der Waals surface area contributed by atoms with Crippen molar-refractivity contribution in [1.82, 2.24) is 5.32 Å². The number of aliphatic hydroxyl groups excluding tert-OH is 1. The van der Waals surface area contributed by atoms with E-state index in [4.69, 9.17) is 10.00 Å². The molecule has 0 aromatic heterocycles. The van der Waals surface area contributed by atoms with E-state index in [1.54, 1.807) is 24.3 Å². The van der Waals surface area contributed by atoms with Crippen LogP contribution in [0.2, 0.25) is 0 Å². The quantitative estimate of drug-likeness (QED) is 0.687. The van der Waals surface area contributed by atoms with Crippen molar-refractivity contribution in [3.8, 4) is 11.8 Å². The van der Waals surface area contributed by atoms with Gasteiger partial charge in [-0.2, -0.15) is 5.26 Å². The highest BCUT2D eigenvalue weighted by Crippen LogP contribution is 2.11. The Morgan fingerprint density at radius 1 is 1.39 bits per heavy atom. The lowest BCUT2D eigenvalue weighted by atomic mass is 10.2. The van der Waals surface area contributed by atoms with E-state index in [1.165, 1.54) is 0 Å². The van der Waals surface area contributed by atoms with Crippen LogP contribution < -0.4 is 10.1 Å². The third-order valence-corrected chi connectivity index (χ3v) is 2.51. The monoisotopic (exact) mass is 248 g/mol. The Morgan fingerprint density at radius 2 is 2.11 bits per heavy atom. The Labute approximate surface area is 108 Å². The Morgan fingerprint density at radius 3 is 2.72 bits per heavy atom. The van der Waals surface area contributed by atoms with Gasteiger partial charge in [0.1, 0.15) is 18.5 Å². The summed E-state index contributed by atoms with van der Waals surface area (Å²) in [5.74, 6) is 0.668. The van der Waals surface area contributed by atoms with Crippen molar-refractivity contribution in [1.29, 1.82) is 5.26 Å². The fraction of sp³-hybridized carbons (Fsp3) is 0.500. The van der Waals surface area contributed by atoms with E-state index >= 15 is 0 Å². The van der Waals surface area contributed by atoms with Crippen molar-refractivity contribution in [3.05, 3.63) is 29.8 Å². The second-order valence-electron chi connectivity index (χ2n) is 4.16. The highest BCUT2D eigenvalue weighted by atomic mass is 16.5. The molecule has 0 spiro atoms. The predicted octanol–water partition coefficient (Wildman–Crippen LogP) is 1.69. The molecule has 4 heteroatoms. The first-order chi connectivity index (χ1) is 8.76. The van der Waals surface area contributed by atoms with Gasteiger partial charge in [0.25, 0.3) is 0 Å². The van der Waals surface area contributed by atoms with Gasteiger partial charge < -0.3 is 15.2 Å². The minimum atomic E-state index is -0.516. The van der Waals surface area contributed by atoms with Crippen molar-refractivity contribution < 1.29 is 9.84 Å². The number of aliphatic hydroxyl groups is 1. The summed E-state index contributed by atoms with van der Waals surface area (Å²) in [5, 5.41) is 21.5. The van der Waals surface area contributed by atoms with Gasteiger partial charge in [-0.15, -0.1) is 0 Å². The van der Waals surface area contributed by atoms with E-state index in [9.17, 15) is 5.11 Å². The molecule has 1 aromatic rings. The van der Waals surface area contributed by atoms with Gasteiger partial charge in [0.15, 0.2) is 0 Å². The van der Waals surface area contributed by atoms with Crippen LogP contribution in [0.15, 0.2) is 24.3 Å². The first-order valence-corrected chi connectivity index (χ1v) is 6.28. The van der Waals surface area contributed by atoms with Crippen molar-refractivity contribution in [2.45, 2.75) is 25.9 Å². The average Bonchev–Trinajstić information content (AvgIpc) is 2.42. The number of ether oxygens (including phenoxy) is 1. The summed E-state index contributed by atoms with van der Waals surface area (Å²) in [5.41, 5.74) is 0.601. The molecule has 0 aliphatic heterocycles. The van der Waals surface area contributed by atoms with Crippen molar-refractivity contribution in [2.75, 3.05) is 19.7 Å². The molecule has 0 aliphatic carbocycles. The molecule has 1 atom stereocenters. The summed E-state index contributed by atoms with van der Waals surface area (Å²) in [6.45, 7) is 3.85. The standard InChI is InChI=1S/C14H20N2O2/c1-2-3-8-16-10-13(17)11-18-14-6-4-12(9-15)5-7-14/h4-7,13,16-17H,2-3,8,10-11H2,1H3/t13-/m1/s1. The maximum Gasteiger partial charge on any atom is 0.119 e. The van der Waals surface area contributed by atoms with Gasteiger partial charge in [-0.3, -0.25) is 0 Å². The predicted molar refractivity (Wildman–Crippen MR) is 70.4 cm³/mol. The van der Waals surface area contributed by atoms with Crippen molar-refractivity contribution >= 4 is 0 Å². The highest BCUT2D eigenvalue weighted by Gasteiger charge is 2.04. The number of nitrogens with zero attached hydrogens (tertiary/aromatic N) is 1. The summed E-state index contributed by atoms with van der Waals surface area (Å²) in [7, 11) is 0. The van der Waals surface area contributed by atoms with E-state index in [0.29, 0.717) is 17.9 Å².